The van der Waals surface area contributed by atoms with Gasteiger partial charge in [-0.05, 0) is 44.6 Å². The fourth-order valence-corrected chi connectivity index (χ4v) is 4.49. The molecule has 3 fully saturated rings. The first-order valence-electron chi connectivity index (χ1n) is 8.80. The maximum Gasteiger partial charge on any atom is 0.0570 e. The van der Waals surface area contributed by atoms with Crippen molar-refractivity contribution in [2.45, 2.75) is 64.1 Å². The number of nitrogens with zero attached hydrogens (tertiary/aromatic N) is 1. The molecule has 2 bridgehead atoms. The predicted octanol–water partition coefficient (Wildman–Crippen LogP) is 1.63. The second kappa shape index (κ2) is 6.53. The number of hydrogen-bond acceptors (Lipinski definition) is 4. The Bertz CT molecular complexity index is 328. The summed E-state index contributed by atoms with van der Waals surface area (Å²) in [6.07, 6.45) is 5.63. The van der Waals surface area contributed by atoms with Gasteiger partial charge in [-0.1, -0.05) is 13.8 Å². The zero-order valence-electron chi connectivity index (χ0n) is 13.7. The van der Waals surface area contributed by atoms with E-state index in [1.165, 1.54) is 19.3 Å². The van der Waals surface area contributed by atoms with Crippen molar-refractivity contribution in [1.29, 1.82) is 0 Å². The fraction of sp³-hybridized carbons (Fsp3) is 1.00. The molecule has 0 saturated carbocycles. The van der Waals surface area contributed by atoms with Crippen molar-refractivity contribution in [3.8, 4) is 0 Å². The van der Waals surface area contributed by atoms with Crippen LogP contribution in [-0.2, 0) is 4.74 Å². The molecule has 3 atom stereocenters. The summed E-state index contributed by atoms with van der Waals surface area (Å²) >= 11 is 0. The van der Waals surface area contributed by atoms with Gasteiger partial charge in [0, 0.05) is 37.2 Å². The Kier molecular flexibility index (Phi) is 4.89. The summed E-state index contributed by atoms with van der Waals surface area (Å²) < 4.78 is 5.76. The summed E-state index contributed by atoms with van der Waals surface area (Å²) in [6, 6.07) is 1.22. The molecule has 4 heteroatoms. The lowest BCUT2D eigenvalue weighted by Crippen LogP contribution is -2.52. The van der Waals surface area contributed by atoms with Gasteiger partial charge in [-0.25, -0.2) is 0 Å². The Labute approximate surface area is 129 Å². The summed E-state index contributed by atoms with van der Waals surface area (Å²) in [4.78, 5) is 2.71. The Balaban J connectivity index is 1.60. The van der Waals surface area contributed by atoms with Crippen molar-refractivity contribution in [1.82, 2.24) is 10.2 Å². The Morgan fingerprint density at radius 1 is 1.29 bits per heavy atom. The van der Waals surface area contributed by atoms with E-state index in [1.807, 2.05) is 0 Å². The first kappa shape index (κ1) is 15.7. The highest BCUT2D eigenvalue weighted by atomic mass is 16.5. The third-order valence-corrected chi connectivity index (χ3v) is 5.62. The van der Waals surface area contributed by atoms with E-state index in [0.717, 1.165) is 45.7 Å². The molecule has 122 valence electrons. The molecule has 0 spiro atoms. The van der Waals surface area contributed by atoms with Gasteiger partial charge in [-0.2, -0.15) is 0 Å². The van der Waals surface area contributed by atoms with Gasteiger partial charge in [0.25, 0.3) is 0 Å². The number of nitrogens with one attached hydrogen (secondary N) is 1. The van der Waals surface area contributed by atoms with E-state index in [0.29, 0.717) is 18.0 Å². The zero-order valence-corrected chi connectivity index (χ0v) is 13.7. The van der Waals surface area contributed by atoms with Crippen LogP contribution in [-0.4, -0.2) is 61.0 Å². The monoisotopic (exact) mass is 296 g/mol. The van der Waals surface area contributed by atoms with Gasteiger partial charge in [-0.3, -0.25) is 4.90 Å². The lowest BCUT2D eigenvalue weighted by molar-refractivity contribution is 0.00650. The van der Waals surface area contributed by atoms with Crippen LogP contribution in [0, 0.1) is 11.3 Å². The maximum absolute atomic E-state index is 9.97. The second-order valence-electron chi connectivity index (χ2n) is 8.01. The molecule has 21 heavy (non-hydrogen) atoms. The normalized spacial score (nSPS) is 40.3. The van der Waals surface area contributed by atoms with E-state index in [1.54, 1.807) is 0 Å². The van der Waals surface area contributed by atoms with E-state index < -0.39 is 0 Å². The quantitative estimate of drug-likeness (QED) is 0.782. The van der Waals surface area contributed by atoms with Crippen molar-refractivity contribution in [3.63, 3.8) is 0 Å². The van der Waals surface area contributed by atoms with Gasteiger partial charge in [-0.15, -0.1) is 0 Å². The first-order valence-corrected chi connectivity index (χ1v) is 8.80. The van der Waals surface area contributed by atoms with Gasteiger partial charge in [0.2, 0.25) is 0 Å². The standard InChI is InChI=1S/C17H32N2O2/c1-13(2)9-18-10-17(5-6-21-12-17)11-19-14-3-4-15(19)8-16(20)7-14/h13-16,18,20H,3-12H2,1-2H3. The number of rotatable bonds is 6. The molecule has 3 aliphatic heterocycles. The molecule has 4 nitrogen and oxygen atoms in total. The van der Waals surface area contributed by atoms with Gasteiger partial charge in [0.05, 0.1) is 12.7 Å². The number of aliphatic hydroxyl groups excluding tert-OH is 1. The molecule has 3 unspecified atom stereocenters. The van der Waals surface area contributed by atoms with Crippen molar-refractivity contribution < 1.29 is 9.84 Å². The molecule has 3 rings (SSSR count). The predicted molar refractivity (Wildman–Crippen MR) is 84.3 cm³/mol. The maximum atomic E-state index is 9.97. The summed E-state index contributed by atoms with van der Waals surface area (Å²) in [6.45, 7) is 9.65. The third-order valence-electron chi connectivity index (χ3n) is 5.62. The van der Waals surface area contributed by atoms with Crippen molar-refractivity contribution >= 4 is 0 Å². The smallest absolute Gasteiger partial charge is 0.0570 e. The summed E-state index contributed by atoms with van der Waals surface area (Å²) in [5.41, 5.74) is 0.290. The first-order chi connectivity index (χ1) is 10.1. The average molecular weight is 296 g/mol. The van der Waals surface area contributed by atoms with Crippen LogP contribution in [0.2, 0.25) is 0 Å². The van der Waals surface area contributed by atoms with Crippen LogP contribution in [0.25, 0.3) is 0 Å². The van der Waals surface area contributed by atoms with Crippen LogP contribution in [0.5, 0.6) is 0 Å². The molecule has 3 heterocycles. The van der Waals surface area contributed by atoms with E-state index in [9.17, 15) is 5.11 Å². The molecule has 0 aliphatic carbocycles. The molecule has 0 aromatic carbocycles. The van der Waals surface area contributed by atoms with E-state index >= 15 is 0 Å². The van der Waals surface area contributed by atoms with Crippen LogP contribution in [0.4, 0.5) is 0 Å². The molecule has 0 aromatic heterocycles. The SMILES string of the molecule is CC(C)CNCC1(CN2C3CCC2CC(O)C3)CCOC1. The number of piperidine rings is 1. The second-order valence-corrected chi connectivity index (χ2v) is 8.01. The van der Waals surface area contributed by atoms with Crippen LogP contribution in [0.15, 0.2) is 0 Å². The van der Waals surface area contributed by atoms with Crippen LogP contribution < -0.4 is 5.32 Å². The minimum atomic E-state index is -0.0615. The molecule has 3 aliphatic rings. The third kappa shape index (κ3) is 3.61. The summed E-state index contributed by atoms with van der Waals surface area (Å²) in [5, 5.41) is 13.6. The topological polar surface area (TPSA) is 44.7 Å². The Morgan fingerprint density at radius 3 is 2.57 bits per heavy atom. The van der Waals surface area contributed by atoms with Crippen molar-refractivity contribution in [2.75, 3.05) is 32.8 Å². The molecule has 0 amide bonds. The number of ether oxygens (including phenoxy) is 1. The molecule has 2 N–H and O–H groups in total. The van der Waals surface area contributed by atoms with Crippen LogP contribution >= 0.6 is 0 Å². The highest BCUT2D eigenvalue weighted by Gasteiger charge is 2.45. The molecular weight excluding hydrogens is 264 g/mol. The lowest BCUT2D eigenvalue weighted by atomic mass is 9.84. The average Bonchev–Trinajstić information content (AvgIpc) is 2.95. The zero-order chi connectivity index (χ0) is 14.9. The Hall–Kier alpha value is -0.160. The summed E-state index contributed by atoms with van der Waals surface area (Å²) in [5.74, 6) is 0.700. The number of aliphatic hydroxyl groups is 1. The van der Waals surface area contributed by atoms with Crippen LogP contribution in [0.1, 0.15) is 46.0 Å². The molecular formula is C17H32N2O2. The summed E-state index contributed by atoms with van der Waals surface area (Å²) in [7, 11) is 0. The fourth-order valence-electron chi connectivity index (χ4n) is 4.49. The largest absolute Gasteiger partial charge is 0.393 e. The van der Waals surface area contributed by atoms with Gasteiger partial charge in [0.15, 0.2) is 0 Å². The van der Waals surface area contributed by atoms with E-state index in [2.05, 4.69) is 24.1 Å². The highest BCUT2D eigenvalue weighted by Crippen LogP contribution is 2.40. The van der Waals surface area contributed by atoms with Gasteiger partial charge in [0.1, 0.15) is 0 Å². The van der Waals surface area contributed by atoms with Crippen LogP contribution in [0.3, 0.4) is 0 Å². The highest BCUT2D eigenvalue weighted by molar-refractivity contribution is 4.99. The molecule has 0 aromatic rings. The van der Waals surface area contributed by atoms with Crippen molar-refractivity contribution in [3.05, 3.63) is 0 Å². The van der Waals surface area contributed by atoms with Crippen molar-refractivity contribution in [2.24, 2.45) is 11.3 Å². The number of hydrogen-bond donors (Lipinski definition) is 2. The van der Waals surface area contributed by atoms with E-state index in [4.69, 9.17) is 4.74 Å². The lowest BCUT2D eigenvalue weighted by Gasteiger charge is -2.42. The van der Waals surface area contributed by atoms with Gasteiger partial charge >= 0.3 is 0 Å². The molecule has 0 radical (unpaired) electrons. The number of fused-ring (bicyclic) bond motifs is 2. The minimum Gasteiger partial charge on any atom is -0.393 e. The Morgan fingerprint density at radius 2 is 2.00 bits per heavy atom. The van der Waals surface area contributed by atoms with E-state index in [-0.39, 0.29) is 11.5 Å². The minimum absolute atomic E-state index is 0.0615. The van der Waals surface area contributed by atoms with Gasteiger partial charge < -0.3 is 15.2 Å². The molecule has 3 saturated heterocycles.